The van der Waals surface area contributed by atoms with Crippen molar-refractivity contribution in [1.82, 2.24) is 9.97 Å². The molecular weight excluding hydrogens is 226 g/mol. The third-order valence-electron chi connectivity index (χ3n) is 2.89. The van der Waals surface area contributed by atoms with Crippen LogP contribution >= 0.6 is 0 Å². The standard InChI is InChI=1S/C14H11N3O/c15-11-3-1-2-10-13(18)8-12(17-14(10)11)9-4-6-16-7-5-9/h1-8H,15H2,(H,17,18). The Kier molecular flexibility index (Phi) is 2.34. The molecule has 0 unspecified atom stereocenters. The van der Waals surface area contributed by atoms with E-state index in [4.69, 9.17) is 5.73 Å². The molecule has 4 heteroatoms. The molecule has 0 aliphatic rings. The third kappa shape index (κ3) is 1.64. The minimum Gasteiger partial charge on any atom is -0.397 e. The Morgan fingerprint density at radius 2 is 1.89 bits per heavy atom. The highest BCUT2D eigenvalue weighted by atomic mass is 16.1. The van der Waals surface area contributed by atoms with Crippen molar-refractivity contribution in [1.29, 1.82) is 0 Å². The predicted molar refractivity (Wildman–Crippen MR) is 72.2 cm³/mol. The highest BCUT2D eigenvalue weighted by molar-refractivity contribution is 5.90. The molecule has 4 nitrogen and oxygen atoms in total. The summed E-state index contributed by atoms with van der Waals surface area (Å²) in [6, 6.07) is 10.6. The number of rotatable bonds is 1. The van der Waals surface area contributed by atoms with Crippen molar-refractivity contribution in [2.45, 2.75) is 0 Å². The summed E-state index contributed by atoms with van der Waals surface area (Å²) in [7, 11) is 0. The highest BCUT2D eigenvalue weighted by Gasteiger charge is 2.05. The van der Waals surface area contributed by atoms with E-state index in [1.165, 1.54) is 0 Å². The van der Waals surface area contributed by atoms with E-state index in [1.807, 2.05) is 12.1 Å². The van der Waals surface area contributed by atoms with E-state index in [2.05, 4.69) is 9.97 Å². The maximum atomic E-state index is 12.0. The molecule has 2 heterocycles. The molecule has 0 atom stereocenters. The summed E-state index contributed by atoms with van der Waals surface area (Å²) in [4.78, 5) is 19.2. The fourth-order valence-electron chi connectivity index (χ4n) is 1.98. The predicted octanol–water partition coefficient (Wildman–Crippen LogP) is 2.17. The highest BCUT2D eigenvalue weighted by Crippen LogP contribution is 2.20. The Balaban J connectivity index is 2.34. The van der Waals surface area contributed by atoms with E-state index >= 15 is 0 Å². The SMILES string of the molecule is Nc1cccc2c(=O)cc(-c3ccncc3)[nH]c12. The van der Waals surface area contributed by atoms with Crippen LogP contribution in [0, 0.1) is 0 Å². The number of hydrogen-bond acceptors (Lipinski definition) is 3. The van der Waals surface area contributed by atoms with Crippen LogP contribution in [0.2, 0.25) is 0 Å². The molecule has 3 aromatic rings. The van der Waals surface area contributed by atoms with Crippen molar-refractivity contribution in [2.75, 3.05) is 5.73 Å². The summed E-state index contributed by atoms with van der Waals surface area (Å²) in [6.45, 7) is 0. The fourth-order valence-corrected chi connectivity index (χ4v) is 1.98. The maximum absolute atomic E-state index is 12.0. The Morgan fingerprint density at radius 3 is 2.67 bits per heavy atom. The number of anilines is 1. The average molecular weight is 237 g/mol. The van der Waals surface area contributed by atoms with Crippen LogP contribution in [0.15, 0.2) is 53.6 Å². The lowest BCUT2D eigenvalue weighted by molar-refractivity contribution is 1.31. The molecule has 3 rings (SSSR count). The molecule has 18 heavy (non-hydrogen) atoms. The zero-order chi connectivity index (χ0) is 12.5. The van der Waals surface area contributed by atoms with Gasteiger partial charge in [-0.1, -0.05) is 6.07 Å². The van der Waals surface area contributed by atoms with E-state index in [1.54, 1.807) is 36.7 Å². The van der Waals surface area contributed by atoms with Crippen molar-refractivity contribution in [3.05, 3.63) is 59.0 Å². The Labute approximate surface area is 103 Å². The van der Waals surface area contributed by atoms with Crippen molar-refractivity contribution in [2.24, 2.45) is 0 Å². The van der Waals surface area contributed by atoms with Gasteiger partial charge in [-0.25, -0.2) is 0 Å². The van der Waals surface area contributed by atoms with Crippen LogP contribution < -0.4 is 11.2 Å². The number of nitrogen functional groups attached to an aromatic ring is 1. The number of H-pyrrole nitrogens is 1. The molecule has 0 saturated carbocycles. The molecule has 1 aromatic carbocycles. The van der Waals surface area contributed by atoms with Gasteiger partial charge in [0.05, 0.1) is 11.2 Å². The number of nitrogens with one attached hydrogen (secondary N) is 1. The van der Waals surface area contributed by atoms with Crippen LogP contribution in [0.3, 0.4) is 0 Å². The summed E-state index contributed by atoms with van der Waals surface area (Å²) in [5.41, 5.74) is 8.75. The minimum absolute atomic E-state index is 0.0390. The van der Waals surface area contributed by atoms with Crippen LogP contribution in [0.4, 0.5) is 5.69 Å². The maximum Gasteiger partial charge on any atom is 0.190 e. The van der Waals surface area contributed by atoms with Gasteiger partial charge >= 0.3 is 0 Å². The first-order chi connectivity index (χ1) is 8.75. The second kappa shape index (κ2) is 4.00. The van der Waals surface area contributed by atoms with Gasteiger partial charge in [0.1, 0.15) is 0 Å². The molecular formula is C14H11N3O. The summed E-state index contributed by atoms with van der Waals surface area (Å²) < 4.78 is 0. The number of pyridine rings is 2. The third-order valence-corrected chi connectivity index (χ3v) is 2.89. The van der Waals surface area contributed by atoms with Crippen molar-refractivity contribution in [3.8, 4) is 11.3 Å². The first-order valence-electron chi connectivity index (χ1n) is 5.57. The zero-order valence-electron chi connectivity index (χ0n) is 9.55. The lowest BCUT2D eigenvalue weighted by Gasteiger charge is -2.06. The van der Waals surface area contributed by atoms with Gasteiger partial charge < -0.3 is 10.7 Å². The molecule has 0 bridgehead atoms. The van der Waals surface area contributed by atoms with E-state index in [0.29, 0.717) is 16.6 Å². The molecule has 88 valence electrons. The summed E-state index contributed by atoms with van der Waals surface area (Å²) in [6.07, 6.45) is 3.37. The number of benzene rings is 1. The first kappa shape index (κ1) is 10.5. The van der Waals surface area contributed by atoms with E-state index in [0.717, 1.165) is 11.3 Å². The number of para-hydroxylation sites is 1. The molecule has 0 spiro atoms. The van der Waals surface area contributed by atoms with Crippen LogP contribution in [0.1, 0.15) is 0 Å². The second-order valence-corrected chi connectivity index (χ2v) is 4.05. The normalized spacial score (nSPS) is 10.7. The number of nitrogens with zero attached hydrogens (tertiary/aromatic N) is 1. The lowest BCUT2D eigenvalue weighted by Crippen LogP contribution is -2.04. The molecule has 0 fully saturated rings. The van der Waals surface area contributed by atoms with Gasteiger partial charge in [0.25, 0.3) is 0 Å². The summed E-state index contributed by atoms with van der Waals surface area (Å²) in [5.74, 6) is 0. The molecule has 0 aliphatic heterocycles. The monoisotopic (exact) mass is 237 g/mol. The number of aromatic nitrogens is 2. The molecule has 2 aromatic heterocycles. The lowest BCUT2D eigenvalue weighted by atomic mass is 10.1. The minimum atomic E-state index is -0.0390. The Bertz CT molecular complexity index is 763. The number of hydrogen-bond donors (Lipinski definition) is 2. The van der Waals surface area contributed by atoms with Gasteiger partial charge in [0, 0.05) is 35.1 Å². The Morgan fingerprint density at radius 1 is 1.11 bits per heavy atom. The van der Waals surface area contributed by atoms with E-state index in [9.17, 15) is 4.79 Å². The fraction of sp³-hybridized carbons (Fsp3) is 0. The van der Waals surface area contributed by atoms with Crippen LogP contribution in [0.25, 0.3) is 22.2 Å². The van der Waals surface area contributed by atoms with Crippen molar-refractivity contribution >= 4 is 16.6 Å². The van der Waals surface area contributed by atoms with Gasteiger partial charge in [0.2, 0.25) is 0 Å². The van der Waals surface area contributed by atoms with Gasteiger partial charge in [-0.05, 0) is 24.3 Å². The first-order valence-corrected chi connectivity index (χ1v) is 5.57. The number of fused-ring (bicyclic) bond motifs is 1. The largest absolute Gasteiger partial charge is 0.397 e. The van der Waals surface area contributed by atoms with Gasteiger partial charge in [-0.3, -0.25) is 9.78 Å². The van der Waals surface area contributed by atoms with Crippen molar-refractivity contribution < 1.29 is 0 Å². The average Bonchev–Trinajstić information content (AvgIpc) is 2.41. The second-order valence-electron chi connectivity index (χ2n) is 4.05. The molecule has 0 amide bonds. The van der Waals surface area contributed by atoms with Crippen LogP contribution in [-0.4, -0.2) is 9.97 Å². The smallest absolute Gasteiger partial charge is 0.190 e. The van der Waals surface area contributed by atoms with Gasteiger partial charge in [-0.15, -0.1) is 0 Å². The van der Waals surface area contributed by atoms with Crippen LogP contribution in [0.5, 0.6) is 0 Å². The van der Waals surface area contributed by atoms with Gasteiger partial charge in [-0.2, -0.15) is 0 Å². The quantitative estimate of drug-likeness (QED) is 0.637. The Hall–Kier alpha value is -2.62. The summed E-state index contributed by atoms with van der Waals surface area (Å²) in [5, 5.41) is 0.604. The van der Waals surface area contributed by atoms with E-state index < -0.39 is 0 Å². The van der Waals surface area contributed by atoms with Crippen molar-refractivity contribution in [3.63, 3.8) is 0 Å². The summed E-state index contributed by atoms with van der Waals surface area (Å²) >= 11 is 0. The van der Waals surface area contributed by atoms with Crippen LogP contribution in [-0.2, 0) is 0 Å². The van der Waals surface area contributed by atoms with E-state index in [-0.39, 0.29) is 5.43 Å². The van der Waals surface area contributed by atoms with Gasteiger partial charge in [0.15, 0.2) is 5.43 Å². The molecule has 0 saturated heterocycles. The number of nitrogens with two attached hydrogens (primary N) is 1. The topological polar surface area (TPSA) is 71.8 Å². The zero-order valence-corrected chi connectivity index (χ0v) is 9.55. The molecule has 0 aliphatic carbocycles. The molecule has 0 radical (unpaired) electrons. The number of aromatic amines is 1. The molecule has 3 N–H and O–H groups in total.